The highest BCUT2D eigenvalue weighted by Crippen LogP contribution is 2.40. The summed E-state index contributed by atoms with van der Waals surface area (Å²) in [6, 6.07) is 56.1. The minimum absolute atomic E-state index is 0.912. The van der Waals surface area contributed by atoms with Crippen LogP contribution in [0.1, 0.15) is 5.56 Å². The minimum atomic E-state index is 0.912. The molecular formula is C41H29NO. The van der Waals surface area contributed by atoms with E-state index in [-0.39, 0.29) is 0 Å². The molecule has 0 fully saturated rings. The second-order valence-electron chi connectivity index (χ2n) is 11.0. The fourth-order valence-electron chi connectivity index (χ4n) is 6.26. The number of fused-ring (bicyclic) bond motifs is 4. The number of nitrogens with zero attached hydrogens (tertiary/aromatic N) is 1. The van der Waals surface area contributed by atoms with Crippen molar-refractivity contribution in [2.75, 3.05) is 4.90 Å². The van der Waals surface area contributed by atoms with Gasteiger partial charge in [-0.1, -0.05) is 109 Å². The average molecular weight is 552 g/mol. The Balaban J connectivity index is 1.19. The zero-order valence-electron chi connectivity index (χ0n) is 23.9. The zero-order valence-corrected chi connectivity index (χ0v) is 23.9. The summed E-state index contributed by atoms with van der Waals surface area (Å²) in [5.41, 5.74) is 8.82. The molecule has 2 heteroatoms. The quantitative estimate of drug-likeness (QED) is 0.198. The minimum Gasteiger partial charge on any atom is -0.456 e. The van der Waals surface area contributed by atoms with Gasteiger partial charge in [0.1, 0.15) is 11.3 Å². The summed E-state index contributed by atoms with van der Waals surface area (Å²) < 4.78 is 6.33. The van der Waals surface area contributed by atoms with Crippen LogP contribution in [0.2, 0.25) is 0 Å². The zero-order chi connectivity index (χ0) is 28.8. The lowest BCUT2D eigenvalue weighted by Crippen LogP contribution is -2.09. The standard InChI is InChI=1S/C41H29NO/c1-28-37-15-7-8-17-40(37)43-41(28)33-11-9-14-36(27-33)42(34-12-3-2-4-13-34)35-23-20-29(21-24-35)31-22-25-39-32(26-31)19-18-30-10-5-6-16-38(30)39/h2-27H,1H3. The summed E-state index contributed by atoms with van der Waals surface area (Å²) in [6.45, 7) is 2.14. The Morgan fingerprint density at radius 3 is 1.91 bits per heavy atom. The molecule has 0 aliphatic rings. The number of anilines is 3. The van der Waals surface area contributed by atoms with E-state index in [1.54, 1.807) is 0 Å². The molecule has 0 saturated carbocycles. The molecule has 2 nitrogen and oxygen atoms in total. The van der Waals surface area contributed by atoms with Gasteiger partial charge in [0, 0.05) is 33.6 Å². The molecule has 204 valence electrons. The van der Waals surface area contributed by atoms with E-state index in [9.17, 15) is 0 Å². The third-order valence-corrected chi connectivity index (χ3v) is 8.43. The first kappa shape index (κ1) is 25.1. The van der Waals surface area contributed by atoms with Gasteiger partial charge in [-0.05, 0) is 88.1 Å². The van der Waals surface area contributed by atoms with Crippen LogP contribution in [-0.4, -0.2) is 0 Å². The van der Waals surface area contributed by atoms with Crippen molar-refractivity contribution < 1.29 is 4.42 Å². The summed E-state index contributed by atoms with van der Waals surface area (Å²) in [6.07, 6.45) is 0. The summed E-state index contributed by atoms with van der Waals surface area (Å²) in [5.74, 6) is 0.912. The highest BCUT2D eigenvalue weighted by atomic mass is 16.3. The Morgan fingerprint density at radius 1 is 0.419 bits per heavy atom. The number of aryl methyl sites for hydroxylation is 1. The largest absolute Gasteiger partial charge is 0.456 e. The van der Waals surface area contributed by atoms with E-state index in [0.29, 0.717) is 0 Å². The lowest BCUT2D eigenvalue weighted by molar-refractivity contribution is 0.629. The highest BCUT2D eigenvalue weighted by molar-refractivity contribution is 6.08. The molecule has 0 aliphatic carbocycles. The highest BCUT2D eigenvalue weighted by Gasteiger charge is 2.17. The van der Waals surface area contributed by atoms with Gasteiger partial charge in [-0.25, -0.2) is 0 Å². The molecule has 43 heavy (non-hydrogen) atoms. The third kappa shape index (κ3) is 4.45. The molecule has 7 aromatic carbocycles. The van der Waals surface area contributed by atoms with Gasteiger partial charge in [0.25, 0.3) is 0 Å². The van der Waals surface area contributed by atoms with Crippen LogP contribution in [0.5, 0.6) is 0 Å². The first-order valence-corrected chi connectivity index (χ1v) is 14.7. The maximum atomic E-state index is 6.33. The summed E-state index contributed by atoms with van der Waals surface area (Å²) in [4.78, 5) is 2.30. The number of benzene rings is 7. The van der Waals surface area contributed by atoms with Crippen LogP contribution in [0.4, 0.5) is 17.1 Å². The second kappa shape index (κ2) is 10.3. The predicted octanol–water partition coefficient (Wildman–Crippen LogP) is 11.9. The monoisotopic (exact) mass is 551 g/mol. The van der Waals surface area contributed by atoms with Crippen molar-refractivity contribution in [3.8, 4) is 22.5 Å². The normalized spacial score (nSPS) is 11.4. The van der Waals surface area contributed by atoms with Crippen LogP contribution < -0.4 is 4.90 Å². The molecular weight excluding hydrogens is 522 g/mol. The maximum absolute atomic E-state index is 6.33. The number of furan rings is 1. The molecule has 0 bridgehead atoms. The van der Waals surface area contributed by atoms with E-state index >= 15 is 0 Å². The fourth-order valence-corrected chi connectivity index (χ4v) is 6.26. The lowest BCUT2D eigenvalue weighted by atomic mass is 9.97. The molecule has 1 aromatic heterocycles. The van der Waals surface area contributed by atoms with Gasteiger partial charge in [0.2, 0.25) is 0 Å². The van der Waals surface area contributed by atoms with Crippen molar-refractivity contribution in [2.45, 2.75) is 6.92 Å². The van der Waals surface area contributed by atoms with Crippen LogP contribution in [0, 0.1) is 6.92 Å². The van der Waals surface area contributed by atoms with E-state index in [2.05, 4.69) is 157 Å². The van der Waals surface area contributed by atoms with Gasteiger partial charge in [-0.3, -0.25) is 0 Å². The van der Waals surface area contributed by atoms with Crippen molar-refractivity contribution in [3.05, 3.63) is 163 Å². The Morgan fingerprint density at radius 2 is 1.07 bits per heavy atom. The molecule has 0 radical (unpaired) electrons. The van der Waals surface area contributed by atoms with Gasteiger partial charge in [0.15, 0.2) is 0 Å². The van der Waals surface area contributed by atoms with Crippen LogP contribution in [-0.2, 0) is 0 Å². The predicted molar refractivity (Wildman–Crippen MR) is 182 cm³/mol. The van der Waals surface area contributed by atoms with Gasteiger partial charge < -0.3 is 9.32 Å². The molecule has 0 N–H and O–H groups in total. The average Bonchev–Trinajstić information content (AvgIpc) is 3.42. The van der Waals surface area contributed by atoms with E-state index in [4.69, 9.17) is 4.42 Å². The van der Waals surface area contributed by atoms with Crippen LogP contribution in [0.3, 0.4) is 0 Å². The second-order valence-corrected chi connectivity index (χ2v) is 11.0. The first-order chi connectivity index (χ1) is 21.2. The number of hydrogen-bond acceptors (Lipinski definition) is 2. The van der Waals surface area contributed by atoms with E-state index < -0.39 is 0 Å². The molecule has 8 aromatic rings. The SMILES string of the molecule is Cc1c(-c2cccc(N(c3ccccc3)c3ccc(-c4ccc5c(ccc6ccccc65)c4)cc3)c2)oc2ccccc12. The molecule has 0 amide bonds. The van der Waals surface area contributed by atoms with Crippen molar-refractivity contribution in [3.63, 3.8) is 0 Å². The van der Waals surface area contributed by atoms with E-state index in [0.717, 1.165) is 44.9 Å². The fraction of sp³-hybridized carbons (Fsp3) is 0.0244. The Labute approximate surface area is 251 Å². The van der Waals surface area contributed by atoms with E-state index in [1.165, 1.54) is 32.7 Å². The van der Waals surface area contributed by atoms with Crippen LogP contribution in [0.15, 0.2) is 162 Å². The van der Waals surface area contributed by atoms with Crippen molar-refractivity contribution in [2.24, 2.45) is 0 Å². The molecule has 0 aliphatic heterocycles. The topological polar surface area (TPSA) is 16.4 Å². The third-order valence-electron chi connectivity index (χ3n) is 8.43. The first-order valence-electron chi connectivity index (χ1n) is 14.7. The Bertz CT molecular complexity index is 2240. The maximum Gasteiger partial charge on any atom is 0.138 e. The molecule has 0 spiro atoms. The molecule has 1 heterocycles. The smallest absolute Gasteiger partial charge is 0.138 e. The Kier molecular flexibility index (Phi) is 6.05. The van der Waals surface area contributed by atoms with Gasteiger partial charge in [0.05, 0.1) is 0 Å². The van der Waals surface area contributed by atoms with Crippen molar-refractivity contribution in [1.29, 1.82) is 0 Å². The lowest BCUT2D eigenvalue weighted by Gasteiger charge is -2.26. The molecule has 0 atom stereocenters. The van der Waals surface area contributed by atoms with E-state index in [1.807, 2.05) is 12.1 Å². The van der Waals surface area contributed by atoms with Gasteiger partial charge in [-0.15, -0.1) is 0 Å². The van der Waals surface area contributed by atoms with Gasteiger partial charge >= 0.3 is 0 Å². The van der Waals surface area contributed by atoms with Crippen LogP contribution in [0.25, 0.3) is 55.0 Å². The molecule has 0 unspecified atom stereocenters. The van der Waals surface area contributed by atoms with Crippen molar-refractivity contribution in [1.82, 2.24) is 0 Å². The summed E-state index contributed by atoms with van der Waals surface area (Å²) in [5, 5.41) is 6.26. The number of para-hydroxylation sites is 2. The number of hydrogen-bond donors (Lipinski definition) is 0. The summed E-state index contributed by atoms with van der Waals surface area (Å²) in [7, 11) is 0. The molecule has 0 saturated heterocycles. The Hall–Kier alpha value is -5.60. The number of rotatable bonds is 5. The summed E-state index contributed by atoms with van der Waals surface area (Å²) >= 11 is 0. The van der Waals surface area contributed by atoms with Crippen molar-refractivity contribution >= 4 is 49.6 Å². The van der Waals surface area contributed by atoms with Gasteiger partial charge in [-0.2, -0.15) is 0 Å². The van der Waals surface area contributed by atoms with Crippen LogP contribution >= 0.6 is 0 Å². The molecule has 8 rings (SSSR count).